The Labute approximate surface area is 124 Å². The van der Waals surface area contributed by atoms with E-state index >= 15 is 0 Å². The highest BCUT2D eigenvalue weighted by Gasteiger charge is 2.42. The van der Waals surface area contributed by atoms with Crippen molar-refractivity contribution in [2.24, 2.45) is 5.92 Å². The van der Waals surface area contributed by atoms with Gasteiger partial charge in [0.1, 0.15) is 5.54 Å². The molecule has 0 saturated heterocycles. The number of nitrogens with one attached hydrogen (secondary N) is 3. The Bertz CT molecular complexity index is 390. The molecule has 0 aromatic heterocycles. The van der Waals surface area contributed by atoms with Gasteiger partial charge in [0.05, 0.1) is 6.54 Å². The number of carbonyl (C=O) groups is 3. The third-order valence-corrected chi connectivity index (χ3v) is 3.87. The maximum atomic E-state index is 11.8. The summed E-state index contributed by atoms with van der Waals surface area (Å²) in [5.74, 6) is -0.823. The van der Waals surface area contributed by atoms with Crippen LogP contribution in [0, 0.1) is 5.92 Å². The Morgan fingerprint density at radius 2 is 1.81 bits per heavy atom. The highest BCUT2D eigenvalue weighted by atomic mass is 16.4. The highest BCUT2D eigenvalue weighted by Crippen LogP contribution is 2.32. The zero-order valence-electron chi connectivity index (χ0n) is 12.7. The van der Waals surface area contributed by atoms with Crippen LogP contribution in [-0.2, 0) is 9.59 Å². The average molecular weight is 299 g/mol. The molecule has 0 aliphatic heterocycles. The minimum Gasteiger partial charge on any atom is -0.480 e. The number of hydrogen-bond acceptors (Lipinski definition) is 3. The topological polar surface area (TPSA) is 108 Å². The molecule has 21 heavy (non-hydrogen) atoms. The van der Waals surface area contributed by atoms with E-state index in [1.54, 1.807) is 0 Å². The average Bonchev–Trinajstić information content (AvgIpc) is 2.45. The Hall–Kier alpha value is -1.79. The zero-order valence-corrected chi connectivity index (χ0v) is 12.7. The lowest BCUT2D eigenvalue weighted by molar-refractivity contribution is -0.146. The van der Waals surface area contributed by atoms with Crippen LogP contribution in [0.1, 0.15) is 46.0 Å². The van der Waals surface area contributed by atoms with E-state index in [0.717, 1.165) is 19.3 Å². The molecule has 1 aliphatic rings. The van der Waals surface area contributed by atoms with Gasteiger partial charge in [0.15, 0.2) is 0 Å². The summed E-state index contributed by atoms with van der Waals surface area (Å²) in [5.41, 5.74) is -1.21. The van der Waals surface area contributed by atoms with Crippen molar-refractivity contribution in [2.45, 2.75) is 51.5 Å². The van der Waals surface area contributed by atoms with E-state index in [9.17, 15) is 19.5 Å². The molecule has 0 bridgehead atoms. The van der Waals surface area contributed by atoms with E-state index in [2.05, 4.69) is 22.9 Å². The van der Waals surface area contributed by atoms with Crippen LogP contribution in [0.4, 0.5) is 4.79 Å². The molecule has 4 N–H and O–H groups in total. The first-order valence-electron chi connectivity index (χ1n) is 7.45. The van der Waals surface area contributed by atoms with Gasteiger partial charge in [-0.2, -0.15) is 0 Å². The molecule has 120 valence electrons. The maximum Gasteiger partial charge on any atom is 0.329 e. The van der Waals surface area contributed by atoms with Gasteiger partial charge < -0.3 is 21.1 Å². The molecule has 0 heterocycles. The third kappa shape index (κ3) is 5.24. The molecule has 1 rings (SSSR count). The van der Waals surface area contributed by atoms with Gasteiger partial charge in [0.25, 0.3) is 0 Å². The van der Waals surface area contributed by atoms with Crippen molar-refractivity contribution in [3.63, 3.8) is 0 Å². The van der Waals surface area contributed by atoms with Crippen molar-refractivity contribution in [1.82, 2.24) is 16.0 Å². The van der Waals surface area contributed by atoms with Crippen LogP contribution in [0.25, 0.3) is 0 Å². The van der Waals surface area contributed by atoms with Crippen LogP contribution in [0.3, 0.4) is 0 Å². The second kappa shape index (κ2) is 7.85. The number of amides is 3. The van der Waals surface area contributed by atoms with Crippen molar-refractivity contribution < 1.29 is 19.5 Å². The van der Waals surface area contributed by atoms with Gasteiger partial charge in [-0.25, -0.2) is 9.59 Å². The Kier molecular flexibility index (Phi) is 6.45. The van der Waals surface area contributed by atoms with E-state index in [0.29, 0.717) is 25.3 Å². The standard InChI is InChI=1S/C14H25N3O4/c1-3-8-15-11(18)9-16-13(21)17-14(12(19)20)6-4-10(2)5-7-14/h10H,3-9H2,1-2H3,(H,15,18)(H,19,20)(H2,16,17,21). The Morgan fingerprint density at radius 3 is 2.33 bits per heavy atom. The summed E-state index contributed by atoms with van der Waals surface area (Å²) in [5, 5.41) is 17.0. The monoisotopic (exact) mass is 299 g/mol. The molecule has 0 aromatic carbocycles. The van der Waals surface area contributed by atoms with E-state index < -0.39 is 17.5 Å². The number of aliphatic carboxylic acids is 1. The minimum atomic E-state index is -1.21. The molecule has 0 spiro atoms. The predicted molar refractivity (Wildman–Crippen MR) is 77.8 cm³/mol. The summed E-state index contributed by atoms with van der Waals surface area (Å²) in [7, 11) is 0. The van der Waals surface area contributed by atoms with E-state index in [-0.39, 0.29) is 12.5 Å². The molecule has 0 aromatic rings. The predicted octanol–water partition coefficient (Wildman–Crippen LogP) is 0.845. The Morgan fingerprint density at radius 1 is 1.19 bits per heavy atom. The number of carbonyl (C=O) groups excluding carboxylic acids is 2. The number of rotatable bonds is 6. The fraction of sp³-hybridized carbons (Fsp3) is 0.786. The van der Waals surface area contributed by atoms with Gasteiger partial charge in [-0.1, -0.05) is 13.8 Å². The maximum absolute atomic E-state index is 11.8. The molecule has 1 saturated carbocycles. The summed E-state index contributed by atoms with van der Waals surface area (Å²) in [6, 6.07) is -0.612. The second-order valence-corrected chi connectivity index (χ2v) is 5.73. The second-order valence-electron chi connectivity index (χ2n) is 5.73. The molecule has 3 amide bonds. The lowest BCUT2D eigenvalue weighted by Crippen LogP contribution is -2.59. The quantitative estimate of drug-likeness (QED) is 0.583. The van der Waals surface area contributed by atoms with Gasteiger partial charge in [0.2, 0.25) is 5.91 Å². The molecule has 0 unspecified atom stereocenters. The fourth-order valence-electron chi connectivity index (χ4n) is 2.40. The Balaban J connectivity index is 2.47. The zero-order chi connectivity index (χ0) is 15.9. The van der Waals surface area contributed by atoms with Gasteiger partial charge in [-0.3, -0.25) is 4.79 Å². The number of carboxylic acid groups (broad SMARTS) is 1. The SMILES string of the molecule is CCCNC(=O)CNC(=O)NC1(C(=O)O)CCC(C)CC1. The summed E-state index contributed by atoms with van der Waals surface area (Å²) < 4.78 is 0. The summed E-state index contributed by atoms with van der Waals surface area (Å²) in [6.45, 7) is 4.40. The van der Waals surface area contributed by atoms with Gasteiger partial charge in [0, 0.05) is 6.54 Å². The third-order valence-electron chi connectivity index (χ3n) is 3.87. The van der Waals surface area contributed by atoms with Crippen molar-refractivity contribution in [2.75, 3.05) is 13.1 Å². The van der Waals surface area contributed by atoms with E-state index in [1.165, 1.54) is 0 Å². The molecular weight excluding hydrogens is 274 g/mol. The van der Waals surface area contributed by atoms with Crippen LogP contribution >= 0.6 is 0 Å². The fourth-order valence-corrected chi connectivity index (χ4v) is 2.40. The van der Waals surface area contributed by atoms with Crippen molar-refractivity contribution >= 4 is 17.9 Å². The van der Waals surface area contributed by atoms with E-state index in [4.69, 9.17) is 0 Å². The smallest absolute Gasteiger partial charge is 0.329 e. The molecule has 7 nitrogen and oxygen atoms in total. The minimum absolute atomic E-state index is 0.155. The van der Waals surface area contributed by atoms with Crippen LogP contribution in [-0.4, -0.2) is 41.6 Å². The summed E-state index contributed by atoms with van der Waals surface area (Å²) in [6.07, 6.45) is 3.18. The summed E-state index contributed by atoms with van der Waals surface area (Å²) >= 11 is 0. The van der Waals surface area contributed by atoms with Crippen LogP contribution < -0.4 is 16.0 Å². The molecule has 1 fully saturated rings. The van der Waals surface area contributed by atoms with Gasteiger partial charge >= 0.3 is 12.0 Å². The van der Waals surface area contributed by atoms with Crippen molar-refractivity contribution in [3.05, 3.63) is 0 Å². The molecule has 7 heteroatoms. The first kappa shape index (κ1) is 17.3. The number of carboxylic acids is 1. The van der Waals surface area contributed by atoms with Crippen molar-refractivity contribution in [3.8, 4) is 0 Å². The highest BCUT2D eigenvalue weighted by molar-refractivity contribution is 5.88. The lowest BCUT2D eigenvalue weighted by atomic mass is 9.77. The van der Waals surface area contributed by atoms with E-state index in [1.807, 2.05) is 6.92 Å². The molecule has 1 aliphatic carbocycles. The number of urea groups is 1. The molecular formula is C14H25N3O4. The largest absolute Gasteiger partial charge is 0.480 e. The molecule has 0 atom stereocenters. The van der Waals surface area contributed by atoms with Crippen molar-refractivity contribution in [1.29, 1.82) is 0 Å². The van der Waals surface area contributed by atoms with Crippen LogP contribution in [0.15, 0.2) is 0 Å². The van der Waals surface area contributed by atoms with Gasteiger partial charge in [-0.05, 0) is 38.0 Å². The normalized spacial score (nSPS) is 25.0. The summed E-state index contributed by atoms with van der Waals surface area (Å²) in [4.78, 5) is 34.7. The van der Waals surface area contributed by atoms with Gasteiger partial charge in [-0.15, -0.1) is 0 Å². The molecule has 0 radical (unpaired) electrons. The van der Waals surface area contributed by atoms with Crippen LogP contribution in [0.5, 0.6) is 0 Å². The first-order chi connectivity index (χ1) is 9.89. The van der Waals surface area contributed by atoms with Crippen LogP contribution in [0.2, 0.25) is 0 Å². The number of hydrogen-bond donors (Lipinski definition) is 4. The first-order valence-corrected chi connectivity index (χ1v) is 7.45. The lowest BCUT2D eigenvalue weighted by Gasteiger charge is -2.36.